The van der Waals surface area contributed by atoms with Gasteiger partial charge in [-0.05, 0) is 38.0 Å². The molecule has 0 fully saturated rings. The number of rotatable bonds is 4. The Bertz CT molecular complexity index is 367. The molecule has 0 aliphatic carbocycles. The fourth-order valence-electron chi connectivity index (χ4n) is 1.37. The minimum absolute atomic E-state index is 0.132. The molecule has 0 aliphatic rings. The van der Waals surface area contributed by atoms with Crippen LogP contribution in [0.5, 0.6) is 0 Å². The summed E-state index contributed by atoms with van der Waals surface area (Å²) in [5, 5.41) is 0.710. The highest BCUT2D eigenvalue weighted by atomic mass is 35.5. The maximum absolute atomic E-state index is 11.5. The summed E-state index contributed by atoms with van der Waals surface area (Å²) in [5.41, 5.74) is 0.616. The van der Waals surface area contributed by atoms with Crippen LogP contribution in [0, 0.1) is 5.41 Å². The first-order valence-corrected chi connectivity index (χ1v) is 5.25. The van der Waals surface area contributed by atoms with E-state index in [2.05, 4.69) is 6.58 Å². The fraction of sp³-hybridized carbons (Fsp3) is 0.308. The van der Waals surface area contributed by atoms with E-state index in [9.17, 15) is 4.79 Å². The maximum atomic E-state index is 11.5. The van der Waals surface area contributed by atoms with Crippen molar-refractivity contribution in [2.45, 2.75) is 20.3 Å². The average Bonchev–Trinajstić information content (AvgIpc) is 2.21. The van der Waals surface area contributed by atoms with Gasteiger partial charge in [-0.25, -0.2) is 0 Å². The number of hydrogen-bond acceptors (Lipinski definition) is 1. The molecule has 1 aromatic carbocycles. The van der Waals surface area contributed by atoms with E-state index >= 15 is 0 Å². The second-order valence-electron chi connectivity index (χ2n) is 3.98. The summed E-state index contributed by atoms with van der Waals surface area (Å²) in [6.07, 6.45) is 2.38. The zero-order valence-electron chi connectivity index (χ0n) is 9.09. The molecule has 0 saturated heterocycles. The first-order chi connectivity index (χ1) is 6.98. The highest BCUT2D eigenvalue weighted by molar-refractivity contribution is 6.30. The molecule has 0 radical (unpaired) electrons. The smallest absolute Gasteiger partial charge is 0.139 e. The molecule has 1 nitrogen and oxygen atoms in total. The summed E-state index contributed by atoms with van der Waals surface area (Å²) in [4.78, 5) is 11.5. The zero-order valence-corrected chi connectivity index (χ0v) is 9.84. The highest BCUT2D eigenvalue weighted by Gasteiger charge is 2.25. The molecule has 80 valence electrons. The third kappa shape index (κ3) is 2.93. The van der Waals surface area contributed by atoms with Gasteiger partial charge in [-0.3, -0.25) is 4.79 Å². The predicted molar refractivity (Wildman–Crippen MR) is 64.1 cm³/mol. The van der Waals surface area contributed by atoms with Gasteiger partial charge < -0.3 is 0 Å². The Morgan fingerprint density at radius 1 is 1.47 bits per heavy atom. The summed E-state index contributed by atoms with van der Waals surface area (Å²) in [6.45, 7) is 7.22. The van der Waals surface area contributed by atoms with Crippen LogP contribution in [0.25, 0.3) is 0 Å². The molecule has 1 unspecified atom stereocenters. The molecular formula is C13H15ClO. The minimum atomic E-state index is -0.478. The van der Waals surface area contributed by atoms with Crippen molar-refractivity contribution in [3.05, 3.63) is 47.5 Å². The highest BCUT2D eigenvalue weighted by Crippen LogP contribution is 2.25. The number of carbonyl (C=O) groups is 1. The van der Waals surface area contributed by atoms with Crippen LogP contribution in [0.1, 0.15) is 19.4 Å². The maximum Gasteiger partial charge on any atom is 0.139 e. The van der Waals surface area contributed by atoms with E-state index in [4.69, 9.17) is 11.6 Å². The Morgan fingerprint density at radius 3 is 2.40 bits per heavy atom. The van der Waals surface area contributed by atoms with E-state index in [0.717, 1.165) is 5.56 Å². The van der Waals surface area contributed by atoms with E-state index in [1.165, 1.54) is 0 Å². The minimum Gasteiger partial charge on any atom is -0.299 e. The van der Waals surface area contributed by atoms with Crippen LogP contribution in [0.2, 0.25) is 5.02 Å². The number of carbonyl (C=O) groups excluding carboxylic acids is 1. The van der Waals surface area contributed by atoms with Crippen molar-refractivity contribution in [1.82, 2.24) is 0 Å². The van der Waals surface area contributed by atoms with E-state index in [0.29, 0.717) is 11.4 Å². The summed E-state index contributed by atoms with van der Waals surface area (Å²) in [5.74, 6) is 0.132. The second-order valence-corrected chi connectivity index (χ2v) is 4.42. The van der Waals surface area contributed by atoms with Gasteiger partial charge in [-0.2, -0.15) is 0 Å². The van der Waals surface area contributed by atoms with Gasteiger partial charge in [-0.1, -0.05) is 29.8 Å². The molecule has 0 aliphatic heterocycles. The average molecular weight is 223 g/mol. The van der Waals surface area contributed by atoms with Gasteiger partial charge in [-0.15, -0.1) is 6.58 Å². The molecule has 1 atom stereocenters. The molecular weight excluding hydrogens is 208 g/mol. The Balaban J connectivity index is 2.89. The molecule has 0 bridgehead atoms. The number of benzene rings is 1. The fourth-order valence-corrected chi connectivity index (χ4v) is 1.49. The predicted octanol–water partition coefficient (Wildman–Crippen LogP) is 3.66. The van der Waals surface area contributed by atoms with Gasteiger partial charge >= 0.3 is 0 Å². The first-order valence-electron chi connectivity index (χ1n) is 4.87. The van der Waals surface area contributed by atoms with E-state index in [1.54, 1.807) is 13.0 Å². The second kappa shape index (κ2) is 4.63. The number of hydrogen-bond donors (Lipinski definition) is 0. The van der Waals surface area contributed by atoms with Crippen molar-refractivity contribution in [2.24, 2.45) is 5.41 Å². The topological polar surface area (TPSA) is 17.1 Å². The van der Waals surface area contributed by atoms with Gasteiger partial charge in [0.15, 0.2) is 0 Å². The monoisotopic (exact) mass is 222 g/mol. The van der Waals surface area contributed by atoms with E-state index in [-0.39, 0.29) is 5.78 Å². The van der Waals surface area contributed by atoms with Crippen molar-refractivity contribution in [2.75, 3.05) is 0 Å². The summed E-state index contributed by atoms with van der Waals surface area (Å²) in [7, 11) is 0. The molecule has 0 spiro atoms. The Kier molecular flexibility index (Phi) is 3.70. The van der Waals surface area contributed by atoms with Crippen LogP contribution in [0.3, 0.4) is 0 Å². The van der Waals surface area contributed by atoms with Gasteiger partial charge in [0.2, 0.25) is 0 Å². The largest absolute Gasteiger partial charge is 0.299 e. The quantitative estimate of drug-likeness (QED) is 0.711. The number of Topliss-reactive ketones (excluding diaryl/α,β-unsaturated/α-hetero) is 1. The normalized spacial score (nSPS) is 14.3. The lowest BCUT2D eigenvalue weighted by Gasteiger charge is -2.22. The molecule has 1 aromatic rings. The molecule has 0 N–H and O–H groups in total. The lowest BCUT2D eigenvalue weighted by atomic mass is 9.80. The molecule has 1 rings (SSSR count). The lowest BCUT2D eigenvalue weighted by molar-refractivity contribution is -0.123. The summed E-state index contributed by atoms with van der Waals surface area (Å²) in [6, 6.07) is 7.54. The van der Waals surface area contributed by atoms with Crippen LogP contribution in [-0.2, 0) is 11.2 Å². The third-order valence-electron chi connectivity index (χ3n) is 2.74. The standard InChI is InChI=1S/C13H15ClO/c1-4-13(3,10(2)15)9-11-5-7-12(14)8-6-11/h4-8H,1,9H2,2-3H3. The van der Waals surface area contributed by atoms with Gasteiger partial charge in [0.25, 0.3) is 0 Å². The van der Waals surface area contributed by atoms with Crippen molar-refractivity contribution in [1.29, 1.82) is 0 Å². The number of allylic oxidation sites excluding steroid dienone is 1. The van der Waals surface area contributed by atoms with E-state index < -0.39 is 5.41 Å². The van der Waals surface area contributed by atoms with Crippen LogP contribution >= 0.6 is 11.6 Å². The van der Waals surface area contributed by atoms with Crippen LogP contribution in [-0.4, -0.2) is 5.78 Å². The first kappa shape index (κ1) is 12.0. The Morgan fingerprint density at radius 2 is 2.00 bits per heavy atom. The van der Waals surface area contributed by atoms with Crippen LogP contribution in [0.15, 0.2) is 36.9 Å². The number of halogens is 1. The van der Waals surface area contributed by atoms with Gasteiger partial charge in [0, 0.05) is 10.4 Å². The van der Waals surface area contributed by atoms with Crippen molar-refractivity contribution >= 4 is 17.4 Å². The van der Waals surface area contributed by atoms with E-state index in [1.807, 2.05) is 31.2 Å². The van der Waals surface area contributed by atoms with Crippen molar-refractivity contribution in [3.8, 4) is 0 Å². The lowest BCUT2D eigenvalue weighted by Crippen LogP contribution is -2.25. The van der Waals surface area contributed by atoms with Gasteiger partial charge in [0.1, 0.15) is 5.78 Å². The molecule has 0 aromatic heterocycles. The zero-order chi connectivity index (χ0) is 11.5. The van der Waals surface area contributed by atoms with Gasteiger partial charge in [0.05, 0.1) is 0 Å². The summed E-state index contributed by atoms with van der Waals surface area (Å²) >= 11 is 5.79. The molecule has 0 amide bonds. The molecule has 0 saturated carbocycles. The molecule has 2 heteroatoms. The molecule has 0 heterocycles. The Hall–Kier alpha value is -1.08. The third-order valence-corrected chi connectivity index (χ3v) is 2.99. The Labute approximate surface area is 95.8 Å². The number of ketones is 1. The SMILES string of the molecule is C=CC(C)(Cc1ccc(Cl)cc1)C(C)=O. The summed E-state index contributed by atoms with van der Waals surface area (Å²) < 4.78 is 0. The van der Waals surface area contributed by atoms with Crippen molar-refractivity contribution < 1.29 is 4.79 Å². The molecule has 15 heavy (non-hydrogen) atoms. The van der Waals surface area contributed by atoms with Crippen LogP contribution < -0.4 is 0 Å². The van der Waals surface area contributed by atoms with Crippen molar-refractivity contribution in [3.63, 3.8) is 0 Å². The van der Waals surface area contributed by atoms with Crippen LogP contribution in [0.4, 0.5) is 0 Å².